The van der Waals surface area contributed by atoms with E-state index in [0.717, 1.165) is 0 Å². The van der Waals surface area contributed by atoms with E-state index in [9.17, 15) is 52.7 Å². The minimum Gasteiger partial charge on any atom is -0.207 e. The zero-order chi connectivity index (χ0) is 49.9. The lowest BCUT2D eigenvalue weighted by molar-refractivity contribution is 0.378. The molecule has 0 heterocycles. The summed E-state index contributed by atoms with van der Waals surface area (Å²) >= 11 is 0. The molecule has 0 spiro atoms. The van der Waals surface area contributed by atoms with Crippen LogP contribution in [-0.2, 0) is 0 Å². The third-order valence-corrected chi connectivity index (χ3v) is 13.5. The maximum absolute atomic E-state index is 15.4. The van der Waals surface area contributed by atoms with Crippen LogP contribution in [0.5, 0.6) is 0 Å². The molecule has 350 valence electrons. The monoisotopic (exact) mass is 984 g/mol. The van der Waals surface area contributed by atoms with Gasteiger partial charge in [0.15, 0.2) is 69.8 Å². The van der Waals surface area contributed by atoms with E-state index in [-0.39, 0.29) is 0 Å². The zero-order valence-electron chi connectivity index (χ0n) is 33.6. The molecule has 0 fully saturated rings. The Morgan fingerprint density at radius 2 is 0.358 bits per heavy atom. The van der Waals surface area contributed by atoms with Crippen LogP contribution in [0.3, 0.4) is 0 Å². The maximum atomic E-state index is 15.4. The molecule has 0 aromatic heterocycles. The predicted octanol–water partition coefficient (Wildman–Crippen LogP) is 9.95. The molecule has 0 aliphatic heterocycles. The van der Waals surface area contributed by atoms with E-state index >= 15 is 35.1 Å². The summed E-state index contributed by atoms with van der Waals surface area (Å²) in [6.07, 6.45) is -7.22. The van der Waals surface area contributed by atoms with E-state index in [1.54, 1.807) is 0 Å². The molecule has 7 rings (SSSR count). The van der Waals surface area contributed by atoms with Gasteiger partial charge in [-0.25, -0.2) is 87.8 Å². The quantitative estimate of drug-likeness (QED) is 0.0491. The Morgan fingerprint density at radius 3 is 0.507 bits per heavy atom. The van der Waals surface area contributed by atoms with Crippen molar-refractivity contribution in [3.05, 3.63) is 206 Å². The minimum absolute atomic E-state index is 0.927. The Morgan fingerprint density at radius 1 is 0.224 bits per heavy atom. The molecule has 7 aromatic rings. The summed E-state index contributed by atoms with van der Waals surface area (Å²) in [7, 11) is -0.927. The molecule has 7 aromatic carbocycles. The van der Waals surface area contributed by atoms with E-state index in [0.29, 0.717) is 0 Å². The normalized spacial score (nSPS) is 11.6. The van der Waals surface area contributed by atoms with Crippen LogP contribution in [-0.4, -0.2) is 6.15 Å². The smallest absolute Gasteiger partial charge is 0.200 e. The van der Waals surface area contributed by atoms with Gasteiger partial charge in [-0.05, 0) is 57.2 Å². The highest BCUT2D eigenvalue weighted by Gasteiger charge is 2.52. The number of halogens is 20. The van der Waals surface area contributed by atoms with Crippen molar-refractivity contribution < 1.29 is 87.8 Å². The number of rotatable bonds is 7. The second-order valence-electron chi connectivity index (χ2n) is 14.8. The second-order valence-corrected chi connectivity index (χ2v) is 17.3. The Hall–Kier alpha value is -6.37. The van der Waals surface area contributed by atoms with Crippen molar-refractivity contribution in [1.29, 1.82) is 0 Å². The molecule has 0 nitrogen and oxygen atoms in total. The summed E-state index contributed by atoms with van der Waals surface area (Å²) in [6.45, 7) is 6.44. The maximum Gasteiger partial charge on any atom is 0.200 e. The summed E-state index contributed by atoms with van der Waals surface area (Å²) in [4.78, 5) is 0. The lowest BCUT2D eigenvalue weighted by Gasteiger charge is -2.44. The first-order valence-corrected chi connectivity index (χ1v) is 20.1. The predicted molar refractivity (Wildman–Crippen MR) is 210 cm³/mol. The van der Waals surface area contributed by atoms with Gasteiger partial charge >= 0.3 is 0 Å². The van der Waals surface area contributed by atoms with E-state index < -0.39 is 152 Å². The molecule has 0 saturated heterocycles. The minimum atomic E-state index is -7.22. The molecular formula is C45H22BF20P. The molecule has 0 atom stereocenters. The fraction of sp³-hybridized carbons (Fsp3) is 0.0667. The van der Waals surface area contributed by atoms with Crippen LogP contribution in [0.1, 0.15) is 16.7 Å². The molecule has 0 amide bonds. The molecule has 22 heteroatoms. The van der Waals surface area contributed by atoms with Crippen LogP contribution >= 0.6 is 7.92 Å². The summed E-state index contributed by atoms with van der Waals surface area (Å²) in [6, 6.07) is 27.1. The van der Waals surface area contributed by atoms with Gasteiger partial charge in [0.2, 0.25) is 0 Å². The summed E-state index contributed by atoms with van der Waals surface area (Å²) in [5.74, 6) is -71.4. The van der Waals surface area contributed by atoms with Gasteiger partial charge in [-0.3, -0.25) is 0 Å². The molecule has 0 radical (unpaired) electrons. The summed E-state index contributed by atoms with van der Waals surface area (Å²) < 4.78 is 294. The first kappa shape index (κ1) is 50.1. The van der Waals surface area contributed by atoms with Gasteiger partial charge < -0.3 is 0 Å². The topological polar surface area (TPSA) is 0 Å². The lowest BCUT2D eigenvalue weighted by atomic mass is 9.12. The van der Waals surface area contributed by atoms with Gasteiger partial charge in [0.25, 0.3) is 0 Å². The van der Waals surface area contributed by atoms with Gasteiger partial charge in [0.05, 0.1) is 7.92 Å². The van der Waals surface area contributed by atoms with Gasteiger partial charge in [-0.1, -0.05) is 53.1 Å². The molecule has 0 aliphatic rings. The fourth-order valence-corrected chi connectivity index (χ4v) is 10.0. The molecule has 0 aliphatic carbocycles. The average Bonchev–Trinajstić information content (AvgIpc) is 3.31. The first-order valence-electron chi connectivity index (χ1n) is 18.6. The Kier molecular flexibility index (Phi) is 14.0. The molecule has 0 N–H and O–H groups in total. The molecular weight excluding hydrogens is 962 g/mol. The number of benzene rings is 7. The molecule has 0 bridgehead atoms. The van der Waals surface area contributed by atoms with Crippen molar-refractivity contribution in [3.63, 3.8) is 0 Å². The van der Waals surface area contributed by atoms with E-state index in [1.807, 2.05) is 0 Å². The largest absolute Gasteiger partial charge is 0.207 e. The zero-order valence-corrected chi connectivity index (χ0v) is 34.6. The van der Waals surface area contributed by atoms with E-state index in [1.165, 1.54) is 32.6 Å². The van der Waals surface area contributed by atoms with E-state index in [2.05, 4.69) is 93.6 Å². The average molecular weight is 984 g/mol. The number of hydrogen-bond acceptors (Lipinski definition) is 0. The third kappa shape index (κ3) is 8.18. The highest BCUT2D eigenvalue weighted by Crippen LogP contribution is 2.34. The van der Waals surface area contributed by atoms with Crippen molar-refractivity contribution in [2.24, 2.45) is 0 Å². The molecule has 0 unspecified atom stereocenters. The highest BCUT2D eigenvalue weighted by molar-refractivity contribution is 7.79. The summed E-state index contributed by atoms with van der Waals surface area (Å²) in [5.41, 5.74) is -10.4. The van der Waals surface area contributed by atoms with Gasteiger partial charge in [-0.15, -0.1) is 21.9 Å². The van der Waals surface area contributed by atoms with Crippen molar-refractivity contribution in [2.45, 2.75) is 20.8 Å². The van der Waals surface area contributed by atoms with Gasteiger partial charge in [0.1, 0.15) is 68.6 Å². The van der Waals surface area contributed by atoms with Crippen LogP contribution in [0.25, 0.3) is 0 Å². The molecule has 67 heavy (non-hydrogen) atoms. The second kappa shape index (κ2) is 18.7. The van der Waals surface area contributed by atoms with Crippen LogP contribution in [0.4, 0.5) is 87.8 Å². The van der Waals surface area contributed by atoms with Gasteiger partial charge in [0, 0.05) is 0 Å². The lowest BCUT2D eigenvalue weighted by Crippen LogP contribution is -2.81. The van der Waals surface area contributed by atoms with Gasteiger partial charge in [-0.2, -0.15) is 0 Å². The number of hydrogen-bond donors (Lipinski definition) is 0. The van der Waals surface area contributed by atoms with Crippen LogP contribution in [0.2, 0.25) is 0 Å². The van der Waals surface area contributed by atoms with Crippen molar-refractivity contribution >= 4 is 51.8 Å². The van der Waals surface area contributed by atoms with Crippen molar-refractivity contribution in [3.8, 4) is 0 Å². The third-order valence-electron chi connectivity index (χ3n) is 10.7. The van der Waals surface area contributed by atoms with E-state index in [4.69, 9.17) is 0 Å². The Balaban J connectivity index is 0.000000279. The Bertz CT molecular complexity index is 2600. The standard InChI is InChI=1S/C24BF20.C21H21P/c26-5-1(6(27)14(35)21(42)13(5)34)25(2-7(28)15(36)22(43)16(37)8(2)29,3-9(30)17(38)23(44)18(39)10(3)31)4-11(32)19(40)24(45)20(41)12(4)33;1-16-4-10-19(11-5-16)22(20-12-6-17(2)7-13-20)21-14-8-18(3)9-15-21/h;4-15H,1-3H3/q-1;/p+1. The van der Waals surface area contributed by atoms with Crippen LogP contribution in [0, 0.1) is 137 Å². The van der Waals surface area contributed by atoms with Crippen LogP contribution < -0.4 is 37.8 Å². The highest BCUT2D eigenvalue weighted by atomic mass is 31.1. The van der Waals surface area contributed by atoms with Crippen molar-refractivity contribution in [1.82, 2.24) is 0 Å². The first-order chi connectivity index (χ1) is 31.3. The van der Waals surface area contributed by atoms with Crippen LogP contribution in [0.15, 0.2) is 72.8 Å². The Labute approximate surface area is 365 Å². The fourth-order valence-electron chi connectivity index (χ4n) is 7.53. The van der Waals surface area contributed by atoms with Crippen molar-refractivity contribution in [2.75, 3.05) is 0 Å². The SMILES string of the molecule is Cc1ccc([PH+](c2ccc(C)cc2)c2ccc(C)cc2)cc1.Fc1c(F)c(F)c([B-](c2c(F)c(F)c(F)c(F)c2F)(c2c(F)c(F)c(F)c(F)c2F)c2c(F)c(F)c(F)c(F)c2F)c(F)c1F. The number of aryl methyl sites for hydroxylation is 3. The summed E-state index contributed by atoms with van der Waals surface area (Å²) in [5, 5.41) is 4.34. The molecule has 0 saturated carbocycles.